The lowest BCUT2D eigenvalue weighted by Gasteiger charge is -2.31. The smallest absolute Gasteiger partial charge is 0.471 e. The highest BCUT2D eigenvalue weighted by Crippen LogP contribution is 2.45. The summed E-state index contributed by atoms with van der Waals surface area (Å²) in [5, 5.41) is 0. The molecule has 1 aliphatic carbocycles. The van der Waals surface area contributed by atoms with Crippen molar-refractivity contribution in [2.24, 2.45) is 0 Å². The minimum Gasteiger partial charge on any atom is -0.493 e. The molecule has 0 radical (unpaired) electrons. The van der Waals surface area contributed by atoms with Crippen LogP contribution < -0.4 is 9.64 Å². The van der Waals surface area contributed by atoms with Crippen molar-refractivity contribution in [1.29, 1.82) is 0 Å². The molecule has 2 aliphatic rings. The molecule has 41 heavy (non-hydrogen) atoms. The molecule has 3 aromatic carbocycles. The number of aromatic nitrogens is 2. The van der Waals surface area contributed by atoms with Gasteiger partial charge in [-0.25, -0.2) is 9.37 Å². The summed E-state index contributed by atoms with van der Waals surface area (Å²) >= 11 is 0. The summed E-state index contributed by atoms with van der Waals surface area (Å²) in [6.07, 6.45) is -4.41. The zero-order valence-corrected chi connectivity index (χ0v) is 22.2. The molecule has 6 rings (SSSR count). The Kier molecular flexibility index (Phi) is 6.47. The molecule has 4 aromatic rings. The Balaban J connectivity index is 1.43. The predicted molar refractivity (Wildman–Crippen MR) is 142 cm³/mol. The van der Waals surface area contributed by atoms with Crippen LogP contribution in [-0.4, -0.2) is 41.3 Å². The topological polar surface area (TPSA) is 73.7 Å². The largest absolute Gasteiger partial charge is 0.493 e. The number of anilines is 1. The molecule has 7 nitrogen and oxygen atoms in total. The third kappa shape index (κ3) is 4.58. The van der Waals surface area contributed by atoms with Gasteiger partial charge in [0.2, 0.25) is 0 Å². The first-order chi connectivity index (χ1) is 19.6. The zero-order chi connectivity index (χ0) is 29.1. The molecule has 0 spiro atoms. The van der Waals surface area contributed by atoms with E-state index in [4.69, 9.17) is 9.47 Å². The van der Waals surface area contributed by atoms with E-state index in [9.17, 15) is 27.2 Å². The second kappa shape index (κ2) is 9.90. The molecule has 1 amide bonds. The molecular weight excluding hydrogens is 542 g/mol. The van der Waals surface area contributed by atoms with Gasteiger partial charge in [0.15, 0.2) is 0 Å². The highest BCUT2D eigenvalue weighted by Gasteiger charge is 2.47. The van der Waals surface area contributed by atoms with Gasteiger partial charge in [0.05, 0.1) is 42.9 Å². The maximum absolute atomic E-state index is 14.1. The molecule has 2 heterocycles. The van der Waals surface area contributed by atoms with Crippen molar-refractivity contribution >= 4 is 28.6 Å². The standard InChI is InChI=1S/C30H25F4N3O4/c1-16-35-23-10-6-18(31)13-26(23)36(16)24-5-3-4-21-22(24)9-11-25(21)37(29(39)30(32,33)34)19-7-8-20-17(12-28(38)40-2)15-41-27(20)14-19/h3-8,10,13-14,17,25H,9,11-12,15H2,1-2H3/t17-,25?/m1/s1. The SMILES string of the molecule is COC(=O)C[C@@H]1COc2cc(N(C(=O)C(F)(F)F)C3CCc4c3cccc4-n3c(C)nc4ccc(F)cc43)ccc21. The van der Waals surface area contributed by atoms with Crippen molar-refractivity contribution in [1.82, 2.24) is 9.55 Å². The Morgan fingerprint density at radius 1 is 1.12 bits per heavy atom. The van der Waals surface area contributed by atoms with Gasteiger partial charge in [-0.3, -0.25) is 19.1 Å². The number of methoxy groups -OCH3 is 1. The number of nitrogens with zero attached hydrogens (tertiary/aromatic N) is 3. The van der Waals surface area contributed by atoms with E-state index in [1.165, 1.54) is 31.4 Å². The molecule has 1 aliphatic heterocycles. The van der Waals surface area contributed by atoms with Gasteiger partial charge in [0, 0.05) is 29.3 Å². The fraction of sp³-hybridized carbons (Fsp3) is 0.300. The molecule has 0 fully saturated rings. The fourth-order valence-corrected chi connectivity index (χ4v) is 6.01. The van der Waals surface area contributed by atoms with Crippen molar-refractivity contribution in [3.05, 3.63) is 82.9 Å². The van der Waals surface area contributed by atoms with Crippen LogP contribution in [0.5, 0.6) is 5.75 Å². The zero-order valence-electron chi connectivity index (χ0n) is 22.2. The van der Waals surface area contributed by atoms with Crippen LogP contribution >= 0.6 is 0 Å². The van der Waals surface area contributed by atoms with E-state index >= 15 is 0 Å². The predicted octanol–water partition coefficient (Wildman–Crippen LogP) is 6.09. The average molecular weight is 568 g/mol. The minimum atomic E-state index is -5.12. The number of carbonyl (C=O) groups is 2. The quantitative estimate of drug-likeness (QED) is 0.216. The Labute approximate surface area is 232 Å². The third-order valence-corrected chi connectivity index (χ3v) is 7.81. The number of halogens is 4. The molecule has 2 atom stereocenters. The first-order valence-corrected chi connectivity index (χ1v) is 13.1. The van der Waals surface area contributed by atoms with Crippen molar-refractivity contribution in [2.45, 2.75) is 44.3 Å². The lowest BCUT2D eigenvalue weighted by molar-refractivity contribution is -0.171. The fourth-order valence-electron chi connectivity index (χ4n) is 6.01. The Hall–Kier alpha value is -4.41. The van der Waals surface area contributed by atoms with Gasteiger partial charge in [-0.15, -0.1) is 0 Å². The van der Waals surface area contributed by atoms with Crippen LogP contribution in [0.25, 0.3) is 16.7 Å². The monoisotopic (exact) mass is 567 g/mol. The van der Waals surface area contributed by atoms with Crippen molar-refractivity contribution in [3.8, 4) is 11.4 Å². The van der Waals surface area contributed by atoms with E-state index in [2.05, 4.69) is 4.98 Å². The number of imidazole rings is 1. The van der Waals surface area contributed by atoms with Gasteiger partial charge in [-0.1, -0.05) is 18.2 Å². The number of hydrogen-bond acceptors (Lipinski definition) is 5. The normalized spacial score (nSPS) is 17.7. The van der Waals surface area contributed by atoms with Crippen LogP contribution in [0.1, 0.15) is 47.3 Å². The van der Waals surface area contributed by atoms with Crippen LogP contribution in [0.2, 0.25) is 0 Å². The first kappa shape index (κ1) is 26.8. The molecule has 1 unspecified atom stereocenters. The van der Waals surface area contributed by atoms with Crippen LogP contribution in [0.4, 0.5) is 23.2 Å². The molecule has 11 heteroatoms. The van der Waals surface area contributed by atoms with Gasteiger partial charge in [0.25, 0.3) is 0 Å². The Morgan fingerprint density at radius 3 is 2.68 bits per heavy atom. The van der Waals surface area contributed by atoms with Gasteiger partial charge >= 0.3 is 18.1 Å². The van der Waals surface area contributed by atoms with Gasteiger partial charge in [-0.05, 0) is 55.2 Å². The van der Waals surface area contributed by atoms with E-state index in [0.717, 1.165) is 10.5 Å². The highest BCUT2D eigenvalue weighted by atomic mass is 19.4. The summed E-state index contributed by atoms with van der Waals surface area (Å²) in [6.45, 7) is 1.96. The summed E-state index contributed by atoms with van der Waals surface area (Å²) in [4.78, 5) is 30.0. The Morgan fingerprint density at radius 2 is 1.93 bits per heavy atom. The van der Waals surface area contributed by atoms with Crippen LogP contribution in [-0.2, 0) is 20.7 Å². The summed E-state index contributed by atoms with van der Waals surface area (Å²) in [7, 11) is 1.28. The summed E-state index contributed by atoms with van der Waals surface area (Å²) in [5.41, 5.74) is 3.86. The number of rotatable bonds is 5. The molecule has 0 saturated carbocycles. The van der Waals surface area contributed by atoms with Crippen molar-refractivity contribution < 1.29 is 36.6 Å². The number of esters is 1. The molecule has 0 bridgehead atoms. The summed E-state index contributed by atoms with van der Waals surface area (Å²) in [5.74, 6) is -2.22. The van der Waals surface area contributed by atoms with Crippen LogP contribution in [0.3, 0.4) is 0 Å². The summed E-state index contributed by atoms with van der Waals surface area (Å²) in [6, 6.07) is 13.1. The molecule has 0 saturated heterocycles. The first-order valence-electron chi connectivity index (χ1n) is 13.1. The maximum Gasteiger partial charge on any atom is 0.471 e. The molecule has 1 aromatic heterocycles. The van der Waals surface area contributed by atoms with Gasteiger partial charge < -0.3 is 9.47 Å². The minimum absolute atomic E-state index is 0.0411. The molecule has 0 N–H and O–H groups in total. The number of carbonyl (C=O) groups excluding carboxylic acids is 2. The van der Waals surface area contributed by atoms with Crippen LogP contribution in [0.15, 0.2) is 54.6 Å². The molecular formula is C30H25F4N3O4. The number of amides is 1. The van der Waals surface area contributed by atoms with E-state index in [-0.39, 0.29) is 31.1 Å². The number of ether oxygens (including phenoxy) is 2. The van der Waals surface area contributed by atoms with E-state index in [1.54, 1.807) is 35.8 Å². The lowest BCUT2D eigenvalue weighted by atomic mass is 9.97. The van der Waals surface area contributed by atoms with E-state index in [0.29, 0.717) is 45.8 Å². The number of aryl methyl sites for hydroxylation is 1. The average Bonchev–Trinajstić information content (AvgIpc) is 3.63. The number of fused-ring (bicyclic) bond motifs is 3. The van der Waals surface area contributed by atoms with Gasteiger partial charge in [-0.2, -0.15) is 13.2 Å². The number of hydrogen-bond donors (Lipinski definition) is 0. The maximum atomic E-state index is 14.1. The lowest BCUT2D eigenvalue weighted by Crippen LogP contribution is -2.43. The van der Waals surface area contributed by atoms with E-state index in [1.807, 2.05) is 6.07 Å². The van der Waals surface area contributed by atoms with Crippen molar-refractivity contribution in [3.63, 3.8) is 0 Å². The van der Waals surface area contributed by atoms with E-state index < -0.39 is 29.9 Å². The second-order valence-electron chi connectivity index (χ2n) is 10.2. The number of benzene rings is 3. The van der Waals surface area contributed by atoms with Gasteiger partial charge in [0.1, 0.15) is 17.4 Å². The number of alkyl halides is 3. The van der Waals surface area contributed by atoms with Crippen LogP contribution in [0, 0.1) is 12.7 Å². The highest BCUT2D eigenvalue weighted by molar-refractivity contribution is 5.98. The third-order valence-electron chi connectivity index (χ3n) is 7.81. The molecule has 212 valence electrons. The second-order valence-corrected chi connectivity index (χ2v) is 10.2. The van der Waals surface area contributed by atoms with Crippen molar-refractivity contribution in [2.75, 3.05) is 18.6 Å². The summed E-state index contributed by atoms with van der Waals surface area (Å²) < 4.78 is 68.3. The Bertz CT molecular complexity index is 1700.